The molecule has 0 saturated heterocycles. The summed E-state index contributed by atoms with van der Waals surface area (Å²) < 4.78 is 8.36. The molecule has 138 valence electrons. The van der Waals surface area contributed by atoms with E-state index in [-0.39, 0.29) is 5.56 Å². The molecule has 0 bridgehead atoms. The summed E-state index contributed by atoms with van der Waals surface area (Å²) in [6.45, 7) is 3.83. The SMILES string of the molecule is COc1ccc(C)cc1-n1nnnc1SCc1cc(=O)n2nc(C)sc2n1. The second-order valence-electron chi connectivity index (χ2n) is 5.74. The topological polar surface area (TPSA) is 100 Å². The first-order valence-corrected chi connectivity index (χ1v) is 9.78. The van der Waals surface area contributed by atoms with Gasteiger partial charge in [-0.05, 0) is 42.0 Å². The number of rotatable bonds is 5. The zero-order chi connectivity index (χ0) is 19.0. The van der Waals surface area contributed by atoms with Crippen molar-refractivity contribution in [2.75, 3.05) is 7.11 Å². The van der Waals surface area contributed by atoms with Gasteiger partial charge in [0, 0.05) is 11.8 Å². The van der Waals surface area contributed by atoms with Gasteiger partial charge in [-0.1, -0.05) is 29.2 Å². The maximum absolute atomic E-state index is 12.2. The maximum atomic E-state index is 12.2. The summed E-state index contributed by atoms with van der Waals surface area (Å²) >= 11 is 2.78. The number of nitrogens with zero attached hydrogens (tertiary/aromatic N) is 7. The number of methoxy groups -OCH3 is 1. The Labute approximate surface area is 162 Å². The molecule has 0 atom stereocenters. The lowest BCUT2D eigenvalue weighted by molar-refractivity contribution is 0.410. The molecule has 0 aliphatic carbocycles. The van der Waals surface area contributed by atoms with E-state index < -0.39 is 0 Å². The van der Waals surface area contributed by atoms with Crippen LogP contribution in [0, 0.1) is 13.8 Å². The van der Waals surface area contributed by atoms with Crippen LogP contribution in [-0.2, 0) is 5.75 Å². The van der Waals surface area contributed by atoms with Crippen molar-refractivity contribution in [2.24, 2.45) is 0 Å². The minimum atomic E-state index is -0.195. The average molecular weight is 401 g/mol. The number of tetrazole rings is 1. The highest BCUT2D eigenvalue weighted by Crippen LogP contribution is 2.28. The second-order valence-corrected chi connectivity index (χ2v) is 7.84. The molecule has 9 nitrogen and oxygen atoms in total. The van der Waals surface area contributed by atoms with E-state index in [9.17, 15) is 4.79 Å². The van der Waals surface area contributed by atoms with E-state index in [1.807, 2.05) is 32.0 Å². The molecule has 0 unspecified atom stereocenters. The van der Waals surface area contributed by atoms with E-state index in [0.717, 1.165) is 16.3 Å². The largest absolute Gasteiger partial charge is 0.494 e. The van der Waals surface area contributed by atoms with Crippen LogP contribution in [0.2, 0.25) is 0 Å². The summed E-state index contributed by atoms with van der Waals surface area (Å²) in [5.41, 5.74) is 2.28. The lowest BCUT2D eigenvalue weighted by Gasteiger charge is -2.10. The van der Waals surface area contributed by atoms with E-state index in [1.165, 1.54) is 33.7 Å². The van der Waals surface area contributed by atoms with Crippen LogP contribution in [0.25, 0.3) is 10.6 Å². The fraction of sp³-hybridized carbons (Fsp3) is 0.250. The number of hydrogen-bond acceptors (Lipinski definition) is 9. The highest BCUT2D eigenvalue weighted by Gasteiger charge is 2.15. The first kappa shape index (κ1) is 17.6. The van der Waals surface area contributed by atoms with Gasteiger partial charge in [-0.25, -0.2) is 4.98 Å². The molecule has 3 heterocycles. The van der Waals surface area contributed by atoms with Crippen molar-refractivity contribution in [2.45, 2.75) is 24.8 Å². The number of hydrogen-bond donors (Lipinski definition) is 0. The van der Waals surface area contributed by atoms with Crippen molar-refractivity contribution in [1.82, 2.24) is 34.8 Å². The van der Waals surface area contributed by atoms with Crippen LogP contribution in [0.5, 0.6) is 5.75 Å². The van der Waals surface area contributed by atoms with Gasteiger partial charge in [-0.3, -0.25) is 4.79 Å². The predicted molar refractivity (Wildman–Crippen MR) is 102 cm³/mol. The molecular formula is C16H15N7O2S2. The van der Waals surface area contributed by atoms with Crippen molar-refractivity contribution in [1.29, 1.82) is 0 Å². The Morgan fingerprint density at radius 3 is 2.93 bits per heavy atom. The van der Waals surface area contributed by atoms with Gasteiger partial charge < -0.3 is 4.74 Å². The van der Waals surface area contributed by atoms with Gasteiger partial charge in [0.1, 0.15) is 16.4 Å². The second kappa shape index (κ2) is 7.08. The van der Waals surface area contributed by atoms with Crippen LogP contribution in [0.3, 0.4) is 0 Å². The molecular weight excluding hydrogens is 386 g/mol. The molecule has 11 heteroatoms. The van der Waals surface area contributed by atoms with Crippen LogP contribution in [0.15, 0.2) is 34.2 Å². The Balaban J connectivity index is 1.63. The highest BCUT2D eigenvalue weighted by atomic mass is 32.2. The Morgan fingerprint density at radius 2 is 2.11 bits per heavy atom. The lowest BCUT2D eigenvalue weighted by atomic mass is 10.2. The molecule has 27 heavy (non-hydrogen) atoms. The molecule has 4 rings (SSSR count). The third-order valence-electron chi connectivity index (χ3n) is 3.75. The van der Waals surface area contributed by atoms with Gasteiger partial charge in [0.05, 0.1) is 12.8 Å². The minimum absolute atomic E-state index is 0.195. The summed E-state index contributed by atoms with van der Waals surface area (Å²) in [5, 5.41) is 17.5. The fourth-order valence-electron chi connectivity index (χ4n) is 2.55. The van der Waals surface area contributed by atoms with Crippen LogP contribution in [-0.4, -0.2) is 41.9 Å². The molecule has 1 aromatic carbocycles. The van der Waals surface area contributed by atoms with Gasteiger partial charge in [-0.15, -0.1) is 5.10 Å². The third kappa shape index (κ3) is 3.43. The molecule has 4 aromatic rings. The van der Waals surface area contributed by atoms with Gasteiger partial charge in [0.2, 0.25) is 10.1 Å². The molecule has 0 aliphatic heterocycles. The third-order valence-corrected chi connectivity index (χ3v) is 5.53. The minimum Gasteiger partial charge on any atom is -0.494 e. The molecule has 0 amide bonds. The number of thioether (sulfide) groups is 1. The van der Waals surface area contributed by atoms with Gasteiger partial charge >= 0.3 is 0 Å². The monoisotopic (exact) mass is 401 g/mol. The first-order chi connectivity index (χ1) is 13.0. The van der Waals surface area contributed by atoms with Gasteiger partial charge in [0.15, 0.2) is 0 Å². The number of aryl methyl sites for hydroxylation is 2. The van der Waals surface area contributed by atoms with Crippen molar-refractivity contribution in [3.8, 4) is 11.4 Å². The number of ether oxygens (including phenoxy) is 1. The number of benzene rings is 1. The maximum Gasteiger partial charge on any atom is 0.275 e. The highest BCUT2D eigenvalue weighted by molar-refractivity contribution is 7.98. The van der Waals surface area contributed by atoms with Crippen molar-refractivity contribution >= 4 is 28.1 Å². The van der Waals surface area contributed by atoms with Crippen molar-refractivity contribution < 1.29 is 4.74 Å². The summed E-state index contributed by atoms with van der Waals surface area (Å²) in [7, 11) is 1.61. The van der Waals surface area contributed by atoms with Crippen LogP contribution in [0.4, 0.5) is 0 Å². The Bertz CT molecular complexity index is 1180. The van der Waals surface area contributed by atoms with Gasteiger partial charge in [-0.2, -0.15) is 14.3 Å². The summed E-state index contributed by atoms with van der Waals surface area (Å²) in [6.07, 6.45) is 0. The van der Waals surface area contributed by atoms with Crippen LogP contribution < -0.4 is 10.3 Å². The van der Waals surface area contributed by atoms with Gasteiger partial charge in [0.25, 0.3) is 5.56 Å². The summed E-state index contributed by atoms with van der Waals surface area (Å²) in [4.78, 5) is 17.3. The van der Waals surface area contributed by atoms with Crippen molar-refractivity contribution in [3.05, 3.63) is 50.9 Å². The standard InChI is InChI=1S/C16H15N7O2S2/c1-9-4-5-13(25-3)12(6-9)22-16(18-20-21-22)26-8-11-7-14(24)23-15(17-11)27-10(2)19-23/h4-7H,8H2,1-3H3. The molecule has 0 saturated carbocycles. The van der Waals surface area contributed by atoms with Crippen molar-refractivity contribution in [3.63, 3.8) is 0 Å². The number of fused-ring (bicyclic) bond motifs is 1. The van der Waals surface area contributed by atoms with E-state index in [0.29, 0.717) is 27.3 Å². The van der Waals surface area contributed by atoms with E-state index >= 15 is 0 Å². The predicted octanol–water partition coefficient (Wildman–Crippen LogP) is 2.04. The molecule has 0 fully saturated rings. The molecule has 0 spiro atoms. The Hall–Kier alpha value is -2.79. The Morgan fingerprint density at radius 1 is 1.26 bits per heavy atom. The average Bonchev–Trinajstić information content (AvgIpc) is 3.26. The van der Waals surface area contributed by atoms with E-state index in [2.05, 4.69) is 25.6 Å². The first-order valence-electron chi connectivity index (χ1n) is 7.98. The zero-order valence-electron chi connectivity index (χ0n) is 14.8. The van der Waals surface area contributed by atoms with E-state index in [1.54, 1.807) is 11.8 Å². The molecule has 0 aliphatic rings. The molecule has 3 aromatic heterocycles. The van der Waals surface area contributed by atoms with E-state index in [4.69, 9.17) is 4.74 Å². The zero-order valence-corrected chi connectivity index (χ0v) is 16.4. The molecule has 0 N–H and O–H groups in total. The molecule has 0 radical (unpaired) electrons. The quantitative estimate of drug-likeness (QED) is 0.469. The summed E-state index contributed by atoms with van der Waals surface area (Å²) in [6, 6.07) is 7.28. The van der Waals surface area contributed by atoms with Crippen LogP contribution >= 0.6 is 23.1 Å². The number of aromatic nitrogens is 7. The fourth-order valence-corrected chi connectivity index (χ4v) is 4.09. The Kier molecular flexibility index (Phi) is 4.62. The smallest absolute Gasteiger partial charge is 0.275 e. The normalized spacial score (nSPS) is 11.2. The van der Waals surface area contributed by atoms with Crippen LogP contribution in [0.1, 0.15) is 16.3 Å². The summed E-state index contributed by atoms with van der Waals surface area (Å²) in [5.74, 6) is 1.13. The lowest BCUT2D eigenvalue weighted by Crippen LogP contribution is -2.15.